The van der Waals surface area contributed by atoms with Crippen LogP contribution < -0.4 is 0 Å². The van der Waals surface area contributed by atoms with Gasteiger partial charge in [-0.25, -0.2) is 4.39 Å². The lowest BCUT2D eigenvalue weighted by Gasteiger charge is -2.27. The summed E-state index contributed by atoms with van der Waals surface area (Å²) in [4.78, 5) is 20.5. The Labute approximate surface area is 137 Å². The number of aryl methyl sites for hydroxylation is 1. The number of nitrogens with zero attached hydrogens (tertiary/aromatic N) is 2. The summed E-state index contributed by atoms with van der Waals surface area (Å²) in [5.41, 5.74) is 3.06. The maximum Gasteiger partial charge on any atom is 0.256 e. The lowest BCUT2D eigenvalue weighted by atomic mass is 10.1. The Bertz CT molecular complexity index is 919. The fraction of sp³-hybridized carbons (Fsp3) is 0.222. The molecule has 3 heterocycles. The Morgan fingerprint density at radius 2 is 2.17 bits per heavy atom. The molecule has 1 aromatic carbocycles. The molecule has 0 unspecified atom stereocenters. The Morgan fingerprint density at radius 3 is 3.04 bits per heavy atom. The fourth-order valence-corrected chi connectivity index (χ4v) is 3.93. The highest BCUT2D eigenvalue weighted by atomic mass is 32.1. The smallest absolute Gasteiger partial charge is 0.256 e. The summed E-state index contributed by atoms with van der Waals surface area (Å²) in [7, 11) is 0. The number of aromatic nitrogens is 1. The summed E-state index contributed by atoms with van der Waals surface area (Å²) in [5, 5.41) is 2.87. The van der Waals surface area contributed by atoms with E-state index < -0.39 is 0 Å². The molecule has 1 aliphatic heterocycles. The average Bonchev–Trinajstić information content (AvgIpc) is 3.01. The molecule has 0 radical (unpaired) electrons. The SMILES string of the molecule is Cc1nc2cc(F)ccc2cc1C(=O)N1CCc2sccc2C1. The molecule has 4 rings (SSSR count). The molecule has 0 aliphatic carbocycles. The van der Waals surface area contributed by atoms with Gasteiger partial charge in [0.05, 0.1) is 16.8 Å². The van der Waals surface area contributed by atoms with E-state index in [4.69, 9.17) is 0 Å². The second kappa shape index (κ2) is 5.42. The molecule has 2 aromatic heterocycles. The van der Waals surface area contributed by atoms with Crippen molar-refractivity contribution >= 4 is 28.1 Å². The minimum absolute atomic E-state index is 0.00178. The van der Waals surface area contributed by atoms with Gasteiger partial charge in [0.25, 0.3) is 5.91 Å². The number of halogens is 1. The normalized spacial score (nSPS) is 14.1. The van der Waals surface area contributed by atoms with Crippen molar-refractivity contribution in [3.8, 4) is 0 Å². The third-order valence-corrected chi connectivity index (χ3v) is 5.32. The standard InChI is InChI=1S/C18H15FN2OS/c1-11-15(8-12-2-3-14(19)9-16(12)20-11)18(22)21-6-4-17-13(10-21)5-7-23-17/h2-3,5,7-9H,4,6,10H2,1H3. The maximum absolute atomic E-state index is 13.3. The summed E-state index contributed by atoms with van der Waals surface area (Å²) < 4.78 is 13.3. The van der Waals surface area contributed by atoms with Crippen LogP contribution in [0.3, 0.4) is 0 Å². The lowest BCUT2D eigenvalue weighted by molar-refractivity contribution is 0.0735. The largest absolute Gasteiger partial charge is 0.334 e. The molecule has 5 heteroatoms. The highest BCUT2D eigenvalue weighted by molar-refractivity contribution is 7.10. The number of thiophene rings is 1. The van der Waals surface area contributed by atoms with E-state index in [0.29, 0.717) is 23.3 Å². The van der Waals surface area contributed by atoms with Gasteiger partial charge in [-0.05, 0) is 48.6 Å². The molecule has 0 saturated heterocycles. The second-order valence-electron chi connectivity index (χ2n) is 5.80. The van der Waals surface area contributed by atoms with Crippen LogP contribution in [0.4, 0.5) is 4.39 Å². The minimum Gasteiger partial charge on any atom is -0.334 e. The Kier molecular flexibility index (Phi) is 3.38. The highest BCUT2D eigenvalue weighted by Gasteiger charge is 2.24. The summed E-state index contributed by atoms with van der Waals surface area (Å²) in [6.07, 6.45) is 0.907. The molecular weight excluding hydrogens is 311 g/mol. The zero-order valence-electron chi connectivity index (χ0n) is 12.7. The number of carbonyl (C=O) groups excluding carboxylic acids is 1. The van der Waals surface area contributed by atoms with Crippen LogP contribution in [-0.2, 0) is 13.0 Å². The van der Waals surface area contributed by atoms with Crippen LogP contribution >= 0.6 is 11.3 Å². The number of pyridine rings is 1. The van der Waals surface area contributed by atoms with Crippen LogP contribution in [0, 0.1) is 12.7 Å². The van der Waals surface area contributed by atoms with Crippen LogP contribution in [0.5, 0.6) is 0 Å². The van der Waals surface area contributed by atoms with E-state index in [1.807, 2.05) is 11.0 Å². The van der Waals surface area contributed by atoms with Crippen LogP contribution in [0.25, 0.3) is 10.9 Å². The number of fused-ring (bicyclic) bond motifs is 2. The Balaban J connectivity index is 1.70. The van der Waals surface area contributed by atoms with Crippen molar-refractivity contribution in [3.05, 3.63) is 63.2 Å². The number of hydrogen-bond acceptors (Lipinski definition) is 3. The van der Waals surface area contributed by atoms with Crippen LogP contribution in [0.15, 0.2) is 35.7 Å². The maximum atomic E-state index is 13.3. The van der Waals surface area contributed by atoms with Crippen LogP contribution in [0.2, 0.25) is 0 Å². The molecule has 0 saturated carbocycles. The summed E-state index contributed by atoms with van der Waals surface area (Å²) in [6, 6.07) is 8.37. The molecule has 3 nitrogen and oxygen atoms in total. The van der Waals surface area contributed by atoms with Gasteiger partial charge >= 0.3 is 0 Å². The molecule has 0 N–H and O–H groups in total. The van der Waals surface area contributed by atoms with Gasteiger partial charge in [0.1, 0.15) is 5.82 Å². The van der Waals surface area contributed by atoms with E-state index in [0.717, 1.165) is 18.4 Å². The number of rotatable bonds is 1. The van der Waals surface area contributed by atoms with E-state index in [2.05, 4.69) is 16.4 Å². The van der Waals surface area contributed by atoms with Gasteiger partial charge in [0.2, 0.25) is 0 Å². The Hall–Kier alpha value is -2.27. The van der Waals surface area contributed by atoms with E-state index in [1.54, 1.807) is 24.3 Å². The van der Waals surface area contributed by atoms with Crippen molar-refractivity contribution in [1.82, 2.24) is 9.88 Å². The summed E-state index contributed by atoms with van der Waals surface area (Å²) in [6.45, 7) is 3.18. The van der Waals surface area contributed by atoms with E-state index >= 15 is 0 Å². The van der Waals surface area contributed by atoms with Crippen LogP contribution in [-0.4, -0.2) is 22.3 Å². The van der Waals surface area contributed by atoms with Crippen molar-refractivity contribution in [2.24, 2.45) is 0 Å². The lowest BCUT2D eigenvalue weighted by Crippen LogP contribution is -2.35. The molecule has 0 atom stereocenters. The van der Waals surface area contributed by atoms with Crippen molar-refractivity contribution in [3.63, 3.8) is 0 Å². The Morgan fingerprint density at radius 1 is 1.30 bits per heavy atom. The van der Waals surface area contributed by atoms with E-state index in [9.17, 15) is 9.18 Å². The summed E-state index contributed by atoms with van der Waals surface area (Å²) in [5.74, 6) is -0.317. The molecule has 1 amide bonds. The summed E-state index contributed by atoms with van der Waals surface area (Å²) >= 11 is 1.76. The first kappa shape index (κ1) is 14.3. The third-order valence-electron chi connectivity index (χ3n) is 4.30. The molecule has 0 bridgehead atoms. The molecule has 23 heavy (non-hydrogen) atoms. The van der Waals surface area contributed by atoms with E-state index in [1.165, 1.54) is 22.6 Å². The molecule has 116 valence electrons. The zero-order valence-corrected chi connectivity index (χ0v) is 13.5. The quantitative estimate of drug-likeness (QED) is 0.678. The van der Waals surface area contributed by atoms with Gasteiger partial charge in [-0.3, -0.25) is 9.78 Å². The van der Waals surface area contributed by atoms with E-state index in [-0.39, 0.29) is 11.7 Å². The first-order valence-corrected chi connectivity index (χ1v) is 8.41. The first-order valence-electron chi connectivity index (χ1n) is 7.53. The number of hydrogen-bond donors (Lipinski definition) is 0. The monoisotopic (exact) mass is 326 g/mol. The fourth-order valence-electron chi connectivity index (χ4n) is 3.05. The van der Waals surface area contributed by atoms with Gasteiger partial charge < -0.3 is 4.90 Å². The minimum atomic E-state index is -0.315. The number of benzene rings is 1. The highest BCUT2D eigenvalue weighted by Crippen LogP contribution is 2.26. The van der Waals surface area contributed by atoms with Crippen molar-refractivity contribution in [1.29, 1.82) is 0 Å². The first-order chi connectivity index (χ1) is 11.1. The molecule has 0 fully saturated rings. The van der Waals surface area contributed by atoms with Gasteiger partial charge in [-0.1, -0.05) is 0 Å². The second-order valence-corrected chi connectivity index (χ2v) is 6.80. The average molecular weight is 326 g/mol. The van der Waals surface area contributed by atoms with Gasteiger partial charge in [0, 0.05) is 29.4 Å². The van der Waals surface area contributed by atoms with Crippen molar-refractivity contribution < 1.29 is 9.18 Å². The zero-order chi connectivity index (χ0) is 16.0. The molecule has 3 aromatic rings. The predicted molar refractivity (Wildman–Crippen MR) is 89.2 cm³/mol. The van der Waals surface area contributed by atoms with Gasteiger partial charge in [0.15, 0.2) is 0 Å². The third kappa shape index (κ3) is 2.51. The van der Waals surface area contributed by atoms with Crippen LogP contribution in [0.1, 0.15) is 26.5 Å². The van der Waals surface area contributed by atoms with Crippen molar-refractivity contribution in [2.45, 2.75) is 19.9 Å². The number of carbonyl (C=O) groups is 1. The topological polar surface area (TPSA) is 33.2 Å². The predicted octanol–water partition coefficient (Wildman–Crippen LogP) is 3.94. The van der Waals surface area contributed by atoms with Gasteiger partial charge in [-0.15, -0.1) is 11.3 Å². The van der Waals surface area contributed by atoms with Gasteiger partial charge in [-0.2, -0.15) is 0 Å². The molecule has 0 spiro atoms. The van der Waals surface area contributed by atoms with Crippen molar-refractivity contribution in [2.75, 3.05) is 6.54 Å². The molecular formula is C18H15FN2OS. The number of amides is 1. The molecule has 1 aliphatic rings.